The second-order valence-corrected chi connectivity index (χ2v) is 14.3. The van der Waals surface area contributed by atoms with E-state index in [0.29, 0.717) is 11.8 Å². The van der Waals surface area contributed by atoms with Gasteiger partial charge >= 0.3 is 0 Å². The van der Waals surface area contributed by atoms with Crippen LogP contribution in [0, 0.1) is 5.92 Å². The Labute approximate surface area is 278 Å². The highest BCUT2D eigenvalue weighted by Gasteiger charge is 2.45. The van der Waals surface area contributed by atoms with Gasteiger partial charge in [0.05, 0.1) is 6.04 Å². The number of rotatable bonds is 5. The first-order chi connectivity index (χ1) is 23.1. The molecule has 1 heterocycles. The minimum Gasteiger partial charge on any atom is -0.455 e. The zero-order valence-corrected chi connectivity index (χ0v) is 27.3. The molecule has 0 spiro atoms. The molecule has 0 saturated heterocycles. The molecule has 9 rings (SSSR count). The van der Waals surface area contributed by atoms with Crippen LogP contribution in [0.25, 0.3) is 33.1 Å². The van der Waals surface area contributed by atoms with Gasteiger partial charge in [-0.25, -0.2) is 0 Å². The van der Waals surface area contributed by atoms with Gasteiger partial charge in [0, 0.05) is 33.3 Å². The van der Waals surface area contributed by atoms with Gasteiger partial charge in [-0.05, 0) is 83.8 Å². The highest BCUT2D eigenvalue weighted by molar-refractivity contribution is 6.08. The molecule has 3 atom stereocenters. The largest absolute Gasteiger partial charge is 0.455 e. The van der Waals surface area contributed by atoms with Crippen LogP contribution in [-0.2, 0) is 5.41 Å². The third-order valence-corrected chi connectivity index (χ3v) is 11.4. The van der Waals surface area contributed by atoms with Crippen LogP contribution in [-0.4, -0.2) is 6.04 Å². The molecule has 0 aliphatic heterocycles. The van der Waals surface area contributed by atoms with Crippen molar-refractivity contribution in [1.82, 2.24) is 0 Å². The fraction of sp³-hybridized carbons (Fsp3) is 0.244. The van der Waals surface area contributed by atoms with Crippen molar-refractivity contribution in [2.24, 2.45) is 5.92 Å². The van der Waals surface area contributed by atoms with Crippen LogP contribution in [0.1, 0.15) is 74.1 Å². The summed E-state index contributed by atoms with van der Waals surface area (Å²) in [6, 6.07) is 33.3. The molecule has 0 amide bonds. The number of hydrogen-bond donors (Lipinski definition) is 0. The lowest BCUT2D eigenvalue weighted by Crippen LogP contribution is -2.35. The Kier molecular flexibility index (Phi) is 6.75. The number of benzene rings is 4. The van der Waals surface area contributed by atoms with Crippen LogP contribution in [0.3, 0.4) is 0 Å². The van der Waals surface area contributed by atoms with E-state index in [0.717, 1.165) is 36.8 Å². The van der Waals surface area contributed by atoms with Gasteiger partial charge in [0.15, 0.2) is 0 Å². The number of anilines is 1. The minimum atomic E-state index is 0.105. The van der Waals surface area contributed by atoms with Crippen molar-refractivity contribution >= 4 is 38.8 Å². The molecule has 0 radical (unpaired) electrons. The number of hydrogen-bond acceptors (Lipinski definition) is 2. The molecule has 4 aromatic carbocycles. The van der Waals surface area contributed by atoms with E-state index in [1.54, 1.807) is 0 Å². The summed E-state index contributed by atoms with van der Waals surface area (Å²) in [4.78, 5) is 2.71. The predicted molar refractivity (Wildman–Crippen MR) is 198 cm³/mol. The normalized spacial score (nSPS) is 22.9. The third kappa shape index (κ3) is 4.60. The first kappa shape index (κ1) is 28.4. The molecule has 3 unspecified atom stereocenters. The van der Waals surface area contributed by atoms with E-state index in [1.807, 2.05) is 0 Å². The van der Waals surface area contributed by atoms with Crippen LogP contribution in [0.15, 0.2) is 144 Å². The van der Waals surface area contributed by atoms with E-state index in [1.165, 1.54) is 62.0 Å². The van der Waals surface area contributed by atoms with E-state index < -0.39 is 0 Å². The van der Waals surface area contributed by atoms with Crippen molar-refractivity contribution in [3.05, 3.63) is 161 Å². The summed E-state index contributed by atoms with van der Waals surface area (Å²) in [7, 11) is 0. The Balaban J connectivity index is 1.12. The van der Waals surface area contributed by atoms with Gasteiger partial charge in [-0.3, -0.25) is 0 Å². The molecule has 1 aromatic heterocycles. The zero-order valence-electron chi connectivity index (χ0n) is 27.3. The second kappa shape index (κ2) is 11.2. The Hall–Kier alpha value is -4.82. The summed E-state index contributed by atoms with van der Waals surface area (Å²) in [5.41, 5.74) is 13.2. The molecule has 0 fully saturated rings. The monoisotopic (exact) mass is 611 g/mol. The molecular formula is C45H41NO. The van der Waals surface area contributed by atoms with Gasteiger partial charge < -0.3 is 9.32 Å². The van der Waals surface area contributed by atoms with Gasteiger partial charge in [-0.2, -0.15) is 0 Å². The van der Waals surface area contributed by atoms with Crippen molar-refractivity contribution in [2.75, 3.05) is 4.90 Å². The first-order valence-electron chi connectivity index (χ1n) is 17.4. The maximum Gasteiger partial charge on any atom is 0.143 e. The molecule has 2 nitrogen and oxygen atoms in total. The van der Waals surface area contributed by atoms with Gasteiger partial charge in [0.1, 0.15) is 11.2 Å². The first-order valence-corrected chi connectivity index (χ1v) is 17.4. The van der Waals surface area contributed by atoms with Crippen LogP contribution in [0.4, 0.5) is 5.69 Å². The Morgan fingerprint density at radius 2 is 1.62 bits per heavy atom. The Morgan fingerprint density at radius 3 is 2.45 bits per heavy atom. The third-order valence-electron chi connectivity index (χ3n) is 11.4. The number of furan rings is 1. The summed E-state index contributed by atoms with van der Waals surface area (Å²) in [6.07, 6.45) is 22.2. The molecule has 5 aromatic rings. The average Bonchev–Trinajstić information content (AvgIpc) is 3.62. The SMILES string of the molecule is CC1(C)c2cccc(N(C3=CCC(c4ccccc4)CC3)C3C=CC(c4cccc5c4oc4ccccc45)=CC3)c2C2=CC=CCC21. The van der Waals surface area contributed by atoms with Crippen molar-refractivity contribution in [2.45, 2.75) is 63.3 Å². The standard InChI is InChI=1S/C45H41NO/c1-45(2)39-18-8-6-15-38(39)43-40(45)19-11-20-41(43)46(33-26-22-31(23-27-33)30-12-4-3-5-13-30)34-28-24-32(25-29-34)35-16-10-17-37-36-14-7-9-21-42(36)47-44(35)37/h3-17,19-21,24-26,28,31,34,39H,18,22-23,27,29H2,1-2H3. The highest BCUT2D eigenvalue weighted by Crippen LogP contribution is 2.56. The minimum absolute atomic E-state index is 0.105. The highest BCUT2D eigenvalue weighted by atomic mass is 16.3. The number of para-hydroxylation sites is 2. The topological polar surface area (TPSA) is 16.4 Å². The van der Waals surface area contributed by atoms with E-state index in [9.17, 15) is 0 Å². The van der Waals surface area contributed by atoms with E-state index >= 15 is 0 Å². The van der Waals surface area contributed by atoms with Crippen molar-refractivity contribution < 1.29 is 4.42 Å². The van der Waals surface area contributed by atoms with Gasteiger partial charge in [-0.1, -0.05) is 135 Å². The molecule has 2 heteroatoms. The summed E-state index contributed by atoms with van der Waals surface area (Å²) >= 11 is 0. The lowest BCUT2D eigenvalue weighted by molar-refractivity contribution is 0.414. The summed E-state index contributed by atoms with van der Waals surface area (Å²) < 4.78 is 6.44. The van der Waals surface area contributed by atoms with Crippen LogP contribution in [0.5, 0.6) is 0 Å². The molecule has 4 aliphatic carbocycles. The Morgan fingerprint density at radius 1 is 0.787 bits per heavy atom. The molecule has 0 N–H and O–H groups in total. The summed E-state index contributed by atoms with van der Waals surface area (Å²) in [6.45, 7) is 4.90. The van der Waals surface area contributed by atoms with Crippen LogP contribution >= 0.6 is 0 Å². The van der Waals surface area contributed by atoms with Crippen molar-refractivity contribution in [1.29, 1.82) is 0 Å². The number of fused-ring (bicyclic) bond motifs is 6. The fourth-order valence-electron chi connectivity index (χ4n) is 8.93. The zero-order chi connectivity index (χ0) is 31.5. The number of nitrogens with zero attached hydrogens (tertiary/aromatic N) is 1. The van der Waals surface area contributed by atoms with Crippen LogP contribution in [0.2, 0.25) is 0 Å². The predicted octanol–water partition coefficient (Wildman–Crippen LogP) is 11.9. The van der Waals surface area contributed by atoms with E-state index in [4.69, 9.17) is 4.42 Å². The fourth-order valence-corrected chi connectivity index (χ4v) is 8.93. The average molecular weight is 612 g/mol. The second-order valence-electron chi connectivity index (χ2n) is 14.3. The lowest BCUT2D eigenvalue weighted by atomic mass is 9.75. The molecule has 0 saturated carbocycles. The quantitative estimate of drug-likeness (QED) is 0.197. The van der Waals surface area contributed by atoms with Crippen molar-refractivity contribution in [3.8, 4) is 0 Å². The smallest absolute Gasteiger partial charge is 0.143 e. The van der Waals surface area contributed by atoms with Crippen molar-refractivity contribution in [3.63, 3.8) is 0 Å². The molecule has 47 heavy (non-hydrogen) atoms. The number of allylic oxidation sites excluding steroid dienone is 8. The van der Waals surface area contributed by atoms with Crippen LogP contribution < -0.4 is 4.90 Å². The maximum atomic E-state index is 6.44. The van der Waals surface area contributed by atoms with Gasteiger partial charge in [-0.15, -0.1) is 0 Å². The summed E-state index contributed by atoms with van der Waals surface area (Å²) in [5.74, 6) is 1.10. The van der Waals surface area contributed by atoms with Gasteiger partial charge in [0.2, 0.25) is 0 Å². The molecular weight excluding hydrogens is 571 g/mol. The van der Waals surface area contributed by atoms with E-state index in [2.05, 4.69) is 152 Å². The summed E-state index contributed by atoms with van der Waals surface area (Å²) in [5, 5.41) is 2.36. The van der Waals surface area contributed by atoms with Gasteiger partial charge in [0.25, 0.3) is 0 Å². The molecule has 0 bridgehead atoms. The molecule has 232 valence electrons. The lowest BCUT2D eigenvalue weighted by Gasteiger charge is -2.39. The molecule has 4 aliphatic rings. The van der Waals surface area contributed by atoms with E-state index in [-0.39, 0.29) is 11.5 Å². The maximum absolute atomic E-state index is 6.44. The Bertz CT molecular complexity index is 2170.